The summed E-state index contributed by atoms with van der Waals surface area (Å²) in [6, 6.07) is 8.62. The average Bonchev–Trinajstić information content (AvgIpc) is 2.82. The minimum Gasteiger partial charge on any atom is -0.327 e. The molecule has 18 heavy (non-hydrogen) atoms. The van der Waals surface area contributed by atoms with Crippen molar-refractivity contribution in [2.24, 2.45) is 11.8 Å². The summed E-state index contributed by atoms with van der Waals surface area (Å²) in [6.45, 7) is 2.28. The molecule has 4 heteroatoms. The number of fused-ring (bicyclic) bond motifs is 1. The van der Waals surface area contributed by atoms with Crippen LogP contribution in [0.5, 0.6) is 0 Å². The van der Waals surface area contributed by atoms with E-state index in [1.54, 1.807) is 0 Å². The summed E-state index contributed by atoms with van der Waals surface area (Å²) in [6.07, 6.45) is 3.90. The monoisotopic (exact) mass is 259 g/mol. The van der Waals surface area contributed by atoms with Gasteiger partial charge in [-0.1, -0.05) is 23.7 Å². The van der Waals surface area contributed by atoms with Gasteiger partial charge in [0, 0.05) is 29.7 Å². The van der Waals surface area contributed by atoms with E-state index in [9.17, 15) is 0 Å². The van der Waals surface area contributed by atoms with Gasteiger partial charge >= 0.3 is 0 Å². The van der Waals surface area contributed by atoms with Gasteiger partial charge in [-0.3, -0.25) is 0 Å². The molecular formula is C14H14ClN3. The number of rotatable bonds is 2. The second-order valence-corrected chi connectivity index (χ2v) is 5.61. The van der Waals surface area contributed by atoms with E-state index in [2.05, 4.69) is 20.9 Å². The molecule has 1 aromatic carbocycles. The molecule has 0 amide bonds. The SMILES string of the molecule is Clc1cccc(-c2cncn2C2C3CNCC32)c1. The first-order chi connectivity index (χ1) is 8.84. The summed E-state index contributed by atoms with van der Waals surface area (Å²) in [5.41, 5.74) is 2.33. The molecule has 0 spiro atoms. The lowest BCUT2D eigenvalue weighted by atomic mass is 10.1. The van der Waals surface area contributed by atoms with E-state index in [4.69, 9.17) is 11.6 Å². The highest BCUT2D eigenvalue weighted by atomic mass is 35.5. The third-order valence-corrected chi connectivity index (χ3v) is 4.39. The fraction of sp³-hybridized carbons (Fsp3) is 0.357. The molecule has 3 nitrogen and oxygen atoms in total. The lowest BCUT2D eigenvalue weighted by Crippen LogP contribution is -2.16. The normalized spacial score (nSPS) is 29.3. The highest BCUT2D eigenvalue weighted by Gasteiger charge is 2.54. The molecule has 0 radical (unpaired) electrons. The average molecular weight is 260 g/mol. The molecule has 2 heterocycles. The predicted octanol–water partition coefficient (Wildman–Crippen LogP) is 2.59. The van der Waals surface area contributed by atoms with E-state index in [1.165, 1.54) is 5.69 Å². The van der Waals surface area contributed by atoms with Gasteiger partial charge in [-0.15, -0.1) is 0 Å². The summed E-state index contributed by atoms with van der Waals surface area (Å²) in [4.78, 5) is 4.32. The molecule has 2 atom stereocenters. The Balaban J connectivity index is 1.72. The molecule has 2 aromatic rings. The molecule has 1 aliphatic heterocycles. The molecular weight excluding hydrogens is 246 g/mol. The first-order valence-electron chi connectivity index (χ1n) is 6.33. The zero-order valence-corrected chi connectivity index (χ0v) is 10.6. The van der Waals surface area contributed by atoms with Gasteiger partial charge in [0.1, 0.15) is 0 Å². The van der Waals surface area contributed by atoms with Crippen molar-refractivity contribution in [1.29, 1.82) is 0 Å². The number of nitrogens with one attached hydrogen (secondary N) is 1. The lowest BCUT2D eigenvalue weighted by molar-refractivity contribution is 0.573. The first kappa shape index (κ1) is 10.6. The Labute approximate surface area is 111 Å². The van der Waals surface area contributed by atoms with Gasteiger partial charge in [-0.05, 0) is 24.0 Å². The maximum Gasteiger partial charge on any atom is 0.0953 e. The van der Waals surface area contributed by atoms with Crippen molar-refractivity contribution in [1.82, 2.24) is 14.9 Å². The van der Waals surface area contributed by atoms with Crippen LogP contribution < -0.4 is 5.32 Å². The summed E-state index contributed by atoms with van der Waals surface area (Å²) < 4.78 is 2.32. The van der Waals surface area contributed by atoms with Crippen LogP contribution in [0.2, 0.25) is 5.02 Å². The molecule has 1 aliphatic carbocycles. The van der Waals surface area contributed by atoms with E-state index in [1.807, 2.05) is 30.7 Å². The number of benzene rings is 1. The zero-order chi connectivity index (χ0) is 12.1. The van der Waals surface area contributed by atoms with Gasteiger partial charge in [0.2, 0.25) is 0 Å². The number of nitrogens with zero attached hydrogens (tertiary/aromatic N) is 2. The number of imidazole rings is 1. The van der Waals surface area contributed by atoms with Crippen molar-refractivity contribution in [3.05, 3.63) is 41.8 Å². The summed E-state index contributed by atoms with van der Waals surface area (Å²) >= 11 is 6.07. The van der Waals surface area contributed by atoms with Crippen LogP contribution in [-0.2, 0) is 0 Å². The van der Waals surface area contributed by atoms with E-state index in [0.717, 1.165) is 35.5 Å². The number of halogens is 1. The molecule has 92 valence electrons. The molecule has 2 unspecified atom stereocenters. The van der Waals surface area contributed by atoms with Crippen molar-refractivity contribution < 1.29 is 0 Å². The standard InChI is InChI=1S/C14H14ClN3/c15-10-3-1-2-9(4-10)13-7-17-8-18(13)14-11-5-16-6-12(11)14/h1-4,7-8,11-12,14,16H,5-6H2. The molecule has 4 rings (SSSR count). The Kier molecular flexibility index (Phi) is 2.26. The quantitative estimate of drug-likeness (QED) is 0.899. The summed E-state index contributed by atoms with van der Waals surface area (Å²) in [5, 5.41) is 4.20. The smallest absolute Gasteiger partial charge is 0.0953 e. The highest BCUT2D eigenvalue weighted by Crippen LogP contribution is 2.53. The van der Waals surface area contributed by atoms with Gasteiger partial charge in [0.25, 0.3) is 0 Å². The Morgan fingerprint density at radius 1 is 1.28 bits per heavy atom. The van der Waals surface area contributed by atoms with Crippen LogP contribution in [0.25, 0.3) is 11.3 Å². The Morgan fingerprint density at radius 2 is 2.11 bits per heavy atom. The van der Waals surface area contributed by atoms with Gasteiger partial charge in [-0.25, -0.2) is 4.98 Å². The third kappa shape index (κ3) is 1.51. The predicted molar refractivity (Wildman–Crippen MR) is 71.6 cm³/mol. The summed E-state index contributed by atoms with van der Waals surface area (Å²) in [5.74, 6) is 1.58. The molecule has 1 N–H and O–H groups in total. The number of aromatic nitrogens is 2. The van der Waals surface area contributed by atoms with Gasteiger partial charge in [-0.2, -0.15) is 0 Å². The Morgan fingerprint density at radius 3 is 2.89 bits per heavy atom. The fourth-order valence-corrected chi connectivity index (χ4v) is 3.40. The van der Waals surface area contributed by atoms with Gasteiger partial charge < -0.3 is 9.88 Å². The number of hydrogen-bond acceptors (Lipinski definition) is 2. The van der Waals surface area contributed by atoms with Crippen LogP contribution in [0.3, 0.4) is 0 Å². The molecule has 1 saturated carbocycles. The second kappa shape index (κ2) is 3.84. The van der Waals surface area contributed by atoms with Gasteiger partial charge in [0.05, 0.1) is 18.2 Å². The van der Waals surface area contributed by atoms with Crippen LogP contribution in [0.4, 0.5) is 0 Å². The summed E-state index contributed by atoms with van der Waals surface area (Å²) in [7, 11) is 0. The number of hydrogen-bond donors (Lipinski definition) is 1. The van der Waals surface area contributed by atoms with Crippen LogP contribution >= 0.6 is 11.6 Å². The fourth-order valence-electron chi connectivity index (χ4n) is 3.21. The highest BCUT2D eigenvalue weighted by molar-refractivity contribution is 6.30. The van der Waals surface area contributed by atoms with Crippen molar-refractivity contribution in [2.45, 2.75) is 6.04 Å². The maximum absolute atomic E-state index is 6.07. The minimum atomic E-state index is 0.628. The second-order valence-electron chi connectivity index (χ2n) is 5.17. The van der Waals surface area contributed by atoms with E-state index >= 15 is 0 Å². The zero-order valence-electron chi connectivity index (χ0n) is 9.88. The van der Waals surface area contributed by atoms with E-state index in [0.29, 0.717) is 6.04 Å². The first-order valence-corrected chi connectivity index (χ1v) is 6.71. The van der Waals surface area contributed by atoms with Crippen LogP contribution in [0.15, 0.2) is 36.8 Å². The molecule has 2 aliphatic rings. The van der Waals surface area contributed by atoms with Crippen molar-refractivity contribution in [3.8, 4) is 11.3 Å². The molecule has 2 fully saturated rings. The van der Waals surface area contributed by atoms with Gasteiger partial charge in [0.15, 0.2) is 0 Å². The minimum absolute atomic E-state index is 0.628. The van der Waals surface area contributed by atoms with Crippen molar-refractivity contribution in [3.63, 3.8) is 0 Å². The molecule has 0 bridgehead atoms. The maximum atomic E-state index is 6.07. The van der Waals surface area contributed by atoms with Crippen LogP contribution in [-0.4, -0.2) is 22.6 Å². The van der Waals surface area contributed by atoms with E-state index in [-0.39, 0.29) is 0 Å². The topological polar surface area (TPSA) is 29.9 Å². The van der Waals surface area contributed by atoms with Crippen LogP contribution in [0.1, 0.15) is 6.04 Å². The third-order valence-electron chi connectivity index (χ3n) is 4.15. The molecule has 1 aromatic heterocycles. The van der Waals surface area contributed by atoms with E-state index < -0.39 is 0 Å². The van der Waals surface area contributed by atoms with Crippen LogP contribution in [0, 0.1) is 11.8 Å². The largest absolute Gasteiger partial charge is 0.327 e. The Hall–Kier alpha value is -1.32. The van der Waals surface area contributed by atoms with Crippen molar-refractivity contribution >= 4 is 11.6 Å². The molecule has 1 saturated heterocycles. The van der Waals surface area contributed by atoms with Crippen molar-refractivity contribution in [2.75, 3.05) is 13.1 Å². The number of piperidine rings is 1. The Bertz CT molecular complexity index is 582. The lowest BCUT2D eigenvalue weighted by Gasteiger charge is -2.11.